The maximum atomic E-state index is 12.5. The summed E-state index contributed by atoms with van der Waals surface area (Å²) in [4.78, 5) is 13.7. The molecule has 0 aliphatic carbocycles. The fourth-order valence-corrected chi connectivity index (χ4v) is 6.13. The van der Waals surface area contributed by atoms with E-state index in [9.17, 15) is 26.4 Å². The van der Waals surface area contributed by atoms with Crippen LogP contribution >= 0.6 is 11.8 Å². The molecule has 0 radical (unpaired) electrons. The van der Waals surface area contributed by atoms with E-state index in [1.807, 2.05) is 0 Å². The number of hydrogen-bond acceptors (Lipinski definition) is 5. The number of amides is 1. The molecule has 0 saturated carbocycles. The number of ether oxygens (including phenoxy) is 1. The van der Waals surface area contributed by atoms with Crippen LogP contribution in [0.15, 0.2) is 0 Å². The zero-order valence-corrected chi connectivity index (χ0v) is 14.6. The molecule has 0 N–H and O–H groups in total. The average Bonchev–Trinajstić information content (AvgIpc) is 3.11. The normalized spacial score (nSPS) is 27.6. The van der Waals surface area contributed by atoms with Crippen LogP contribution in [0.25, 0.3) is 0 Å². The third-order valence-electron chi connectivity index (χ3n) is 4.64. The van der Waals surface area contributed by atoms with Crippen molar-refractivity contribution in [3.05, 3.63) is 0 Å². The molecule has 1 spiro atoms. The first-order valence-corrected chi connectivity index (χ1v) is 10.2. The summed E-state index contributed by atoms with van der Waals surface area (Å²) in [5.74, 6) is 0.501. The number of likely N-dealkylation sites (tertiary alicyclic amines) is 1. The number of halogens is 3. The van der Waals surface area contributed by atoms with E-state index in [1.165, 1.54) is 11.8 Å². The molecular weight excluding hydrogens is 369 g/mol. The van der Waals surface area contributed by atoms with Gasteiger partial charge in [-0.05, 0) is 19.3 Å². The second-order valence-electron chi connectivity index (χ2n) is 6.44. The zero-order valence-electron chi connectivity index (χ0n) is 12.9. The van der Waals surface area contributed by atoms with Gasteiger partial charge in [0.25, 0.3) is 0 Å². The number of rotatable bonds is 4. The Hall–Kier alpha value is -0.520. The van der Waals surface area contributed by atoms with Crippen LogP contribution in [0, 0.1) is 0 Å². The molecule has 3 heterocycles. The average molecular weight is 388 g/mol. The highest BCUT2D eigenvalue weighted by molar-refractivity contribution is 8.01. The SMILES string of the molecule is O=C(COC1CSC2(C1)CN(S(=O)(=O)C(F)(F)F)C2)N1CCCC1. The van der Waals surface area contributed by atoms with Crippen molar-refractivity contribution < 1.29 is 31.1 Å². The van der Waals surface area contributed by atoms with Crippen LogP contribution in [0.5, 0.6) is 0 Å². The summed E-state index contributed by atoms with van der Waals surface area (Å²) in [6.45, 7) is 1.16. The summed E-state index contributed by atoms with van der Waals surface area (Å²) in [7, 11) is -5.24. The molecule has 0 aromatic heterocycles. The van der Waals surface area contributed by atoms with Crippen LogP contribution in [0.2, 0.25) is 0 Å². The minimum Gasteiger partial charge on any atom is -0.367 e. The Balaban J connectivity index is 1.46. The highest BCUT2D eigenvalue weighted by Crippen LogP contribution is 2.48. The van der Waals surface area contributed by atoms with Gasteiger partial charge in [-0.15, -0.1) is 11.8 Å². The second-order valence-corrected chi connectivity index (χ2v) is 9.86. The summed E-state index contributed by atoms with van der Waals surface area (Å²) in [6, 6.07) is 0. The zero-order chi connectivity index (χ0) is 17.6. The van der Waals surface area contributed by atoms with Crippen LogP contribution in [-0.4, -0.2) is 78.4 Å². The van der Waals surface area contributed by atoms with Crippen molar-refractivity contribution >= 4 is 27.7 Å². The summed E-state index contributed by atoms with van der Waals surface area (Å²) in [6.07, 6.45) is 2.24. The smallest absolute Gasteiger partial charge is 0.367 e. The van der Waals surface area contributed by atoms with Gasteiger partial charge in [0, 0.05) is 36.7 Å². The summed E-state index contributed by atoms with van der Waals surface area (Å²) < 4.78 is 65.7. The molecule has 1 amide bonds. The number of nitrogens with zero attached hydrogens (tertiary/aromatic N) is 2. The number of carbonyl (C=O) groups excluding carboxylic acids is 1. The molecule has 0 bridgehead atoms. The van der Waals surface area contributed by atoms with Crippen LogP contribution in [-0.2, 0) is 19.6 Å². The van der Waals surface area contributed by atoms with Gasteiger partial charge in [-0.1, -0.05) is 0 Å². The van der Waals surface area contributed by atoms with Gasteiger partial charge in [0.15, 0.2) is 0 Å². The van der Waals surface area contributed by atoms with E-state index in [0.29, 0.717) is 16.5 Å². The molecule has 0 aromatic rings. The van der Waals surface area contributed by atoms with E-state index in [1.54, 1.807) is 4.90 Å². The molecule has 3 fully saturated rings. The lowest BCUT2D eigenvalue weighted by Crippen LogP contribution is -2.62. The van der Waals surface area contributed by atoms with Crippen molar-refractivity contribution in [3.63, 3.8) is 0 Å². The molecule has 11 heteroatoms. The van der Waals surface area contributed by atoms with E-state index in [4.69, 9.17) is 4.74 Å². The third-order valence-corrected chi connectivity index (χ3v) is 7.74. The van der Waals surface area contributed by atoms with Gasteiger partial charge in [0.1, 0.15) is 6.61 Å². The Labute approximate surface area is 142 Å². The number of hydrogen-bond donors (Lipinski definition) is 0. The molecular formula is C13H19F3N2O4S2. The lowest BCUT2D eigenvalue weighted by Gasteiger charge is -2.46. The molecule has 1 atom stereocenters. The van der Waals surface area contributed by atoms with Gasteiger partial charge in [-0.3, -0.25) is 4.79 Å². The topological polar surface area (TPSA) is 66.9 Å². The van der Waals surface area contributed by atoms with E-state index in [2.05, 4.69) is 0 Å². The Morgan fingerprint density at radius 1 is 1.25 bits per heavy atom. The Morgan fingerprint density at radius 3 is 2.46 bits per heavy atom. The molecule has 6 nitrogen and oxygen atoms in total. The van der Waals surface area contributed by atoms with Crippen molar-refractivity contribution in [1.82, 2.24) is 9.21 Å². The predicted octanol–water partition coefficient (Wildman–Crippen LogP) is 1.03. The van der Waals surface area contributed by atoms with Crippen molar-refractivity contribution in [2.75, 3.05) is 38.5 Å². The van der Waals surface area contributed by atoms with Crippen LogP contribution in [0.1, 0.15) is 19.3 Å². The standard InChI is InChI=1S/C13H19F3N2O4S2/c14-13(15,16)24(20,21)18-8-12(9-18)5-10(7-23-12)22-6-11(19)17-3-1-2-4-17/h10H,1-9H2. The van der Waals surface area contributed by atoms with Crippen molar-refractivity contribution in [3.8, 4) is 0 Å². The van der Waals surface area contributed by atoms with Gasteiger partial charge in [0.2, 0.25) is 5.91 Å². The van der Waals surface area contributed by atoms with Crippen LogP contribution in [0.3, 0.4) is 0 Å². The maximum absolute atomic E-state index is 12.5. The first-order chi connectivity index (χ1) is 11.1. The van der Waals surface area contributed by atoms with E-state index in [-0.39, 0.29) is 31.7 Å². The number of sulfonamides is 1. The van der Waals surface area contributed by atoms with E-state index in [0.717, 1.165) is 25.9 Å². The number of carbonyl (C=O) groups is 1. The quantitative estimate of drug-likeness (QED) is 0.720. The fourth-order valence-electron chi connectivity index (χ4n) is 3.29. The fraction of sp³-hybridized carbons (Fsp3) is 0.923. The monoisotopic (exact) mass is 388 g/mol. The first-order valence-electron chi connectivity index (χ1n) is 7.73. The van der Waals surface area contributed by atoms with Gasteiger partial charge in [-0.2, -0.15) is 17.5 Å². The summed E-state index contributed by atoms with van der Waals surface area (Å²) in [5.41, 5.74) is -5.25. The highest BCUT2D eigenvalue weighted by Gasteiger charge is 2.60. The molecule has 0 aromatic carbocycles. The van der Waals surface area contributed by atoms with Gasteiger partial charge in [-0.25, -0.2) is 8.42 Å². The number of thioether (sulfide) groups is 1. The Bertz CT molecular complexity index is 599. The van der Waals surface area contributed by atoms with Gasteiger partial charge < -0.3 is 9.64 Å². The summed E-state index contributed by atoms with van der Waals surface area (Å²) >= 11 is 1.43. The van der Waals surface area contributed by atoms with Crippen LogP contribution < -0.4 is 0 Å². The minimum atomic E-state index is -5.25. The molecule has 1 unspecified atom stereocenters. The first kappa shape index (κ1) is 18.3. The largest absolute Gasteiger partial charge is 0.511 e. The van der Waals surface area contributed by atoms with E-state index >= 15 is 0 Å². The lowest BCUT2D eigenvalue weighted by atomic mass is 9.95. The predicted molar refractivity (Wildman–Crippen MR) is 81.9 cm³/mol. The number of alkyl halides is 3. The molecule has 3 saturated heterocycles. The Morgan fingerprint density at radius 2 is 1.88 bits per heavy atom. The van der Waals surface area contributed by atoms with Crippen molar-refractivity contribution in [2.45, 2.75) is 35.6 Å². The maximum Gasteiger partial charge on any atom is 0.511 e. The highest BCUT2D eigenvalue weighted by atomic mass is 32.2. The van der Waals surface area contributed by atoms with Crippen LogP contribution in [0.4, 0.5) is 13.2 Å². The second kappa shape index (κ2) is 6.33. The van der Waals surface area contributed by atoms with Crippen molar-refractivity contribution in [2.24, 2.45) is 0 Å². The molecule has 138 valence electrons. The molecule has 24 heavy (non-hydrogen) atoms. The van der Waals surface area contributed by atoms with Gasteiger partial charge in [0.05, 0.1) is 6.10 Å². The Kier molecular flexibility index (Phi) is 4.82. The third kappa shape index (κ3) is 3.40. The minimum absolute atomic E-state index is 0.0220. The van der Waals surface area contributed by atoms with Crippen molar-refractivity contribution in [1.29, 1.82) is 0 Å². The molecule has 3 aliphatic heterocycles. The lowest BCUT2D eigenvalue weighted by molar-refractivity contribution is -0.136. The molecule has 3 rings (SSSR count). The molecule has 3 aliphatic rings. The van der Waals surface area contributed by atoms with E-state index < -0.39 is 20.3 Å². The summed E-state index contributed by atoms with van der Waals surface area (Å²) in [5, 5.41) is 0. The van der Waals surface area contributed by atoms with Gasteiger partial charge >= 0.3 is 15.5 Å².